The first-order valence-electron chi connectivity index (χ1n) is 4.32. The van der Waals surface area contributed by atoms with E-state index in [1.807, 2.05) is 0 Å². The van der Waals surface area contributed by atoms with Crippen molar-refractivity contribution >= 4 is 15.9 Å². The molecule has 1 aromatic rings. The highest BCUT2D eigenvalue weighted by atomic mass is 79.9. The van der Waals surface area contributed by atoms with E-state index in [1.54, 1.807) is 0 Å². The lowest BCUT2D eigenvalue weighted by Gasteiger charge is -2.23. The average Bonchev–Trinajstić information content (AvgIpc) is 2.04. The monoisotopic (exact) mass is 225 g/mol. The van der Waals surface area contributed by atoms with Crippen molar-refractivity contribution in [3.05, 3.63) is 33.8 Å². The summed E-state index contributed by atoms with van der Waals surface area (Å²) < 4.78 is 1.17. The molecule has 0 spiro atoms. The van der Waals surface area contributed by atoms with E-state index >= 15 is 0 Å². The van der Waals surface area contributed by atoms with Crippen molar-refractivity contribution in [2.75, 3.05) is 0 Å². The first kappa shape index (κ1) is 8.27. The fourth-order valence-corrected chi connectivity index (χ4v) is 2.57. The normalized spacial score (nSPS) is 22.0. The minimum Gasteiger partial charge on any atom is -0.324 e. The van der Waals surface area contributed by atoms with Crippen molar-refractivity contribution in [3.63, 3.8) is 0 Å². The van der Waals surface area contributed by atoms with Crippen LogP contribution in [0.2, 0.25) is 0 Å². The van der Waals surface area contributed by atoms with Gasteiger partial charge in [0.1, 0.15) is 0 Å². The number of hydrogen-bond acceptors (Lipinski definition) is 1. The van der Waals surface area contributed by atoms with E-state index in [0.29, 0.717) is 0 Å². The topological polar surface area (TPSA) is 26.0 Å². The van der Waals surface area contributed by atoms with Crippen molar-refractivity contribution < 1.29 is 0 Å². The maximum atomic E-state index is 6.02. The number of nitrogens with two attached hydrogens (primary N) is 1. The minimum absolute atomic E-state index is 0.240. The molecule has 0 saturated carbocycles. The van der Waals surface area contributed by atoms with Crippen LogP contribution in [-0.4, -0.2) is 0 Å². The summed E-state index contributed by atoms with van der Waals surface area (Å²) in [6.07, 6.45) is 3.53. The maximum Gasteiger partial charge on any atom is 0.0308 e. The highest BCUT2D eigenvalue weighted by Crippen LogP contribution is 2.33. The largest absolute Gasteiger partial charge is 0.324 e. The Kier molecular flexibility index (Phi) is 2.20. The van der Waals surface area contributed by atoms with Gasteiger partial charge >= 0.3 is 0 Å². The van der Waals surface area contributed by atoms with Crippen LogP contribution in [0, 0.1) is 0 Å². The summed E-state index contributed by atoms with van der Waals surface area (Å²) in [7, 11) is 0. The fourth-order valence-electron chi connectivity index (χ4n) is 1.87. The standard InChI is InChI=1S/C10H12BrN/c11-8-5-1-3-7-4-2-6-9(12)10(7)8/h1,3,5,9H,2,4,6,12H2. The van der Waals surface area contributed by atoms with Crippen LogP contribution in [0.4, 0.5) is 0 Å². The molecule has 1 aromatic carbocycles. The van der Waals surface area contributed by atoms with Crippen molar-refractivity contribution in [2.45, 2.75) is 25.3 Å². The van der Waals surface area contributed by atoms with E-state index < -0.39 is 0 Å². The highest BCUT2D eigenvalue weighted by molar-refractivity contribution is 9.10. The number of hydrogen-bond donors (Lipinski definition) is 1. The Balaban J connectivity index is 2.53. The third kappa shape index (κ3) is 1.29. The average molecular weight is 226 g/mol. The van der Waals surface area contributed by atoms with Gasteiger partial charge in [0.2, 0.25) is 0 Å². The lowest BCUT2D eigenvalue weighted by molar-refractivity contribution is 0.568. The summed E-state index contributed by atoms with van der Waals surface area (Å²) >= 11 is 3.54. The van der Waals surface area contributed by atoms with Crippen LogP contribution in [0.1, 0.15) is 30.0 Å². The van der Waals surface area contributed by atoms with Crippen molar-refractivity contribution in [1.29, 1.82) is 0 Å². The molecule has 1 nitrogen and oxygen atoms in total. The summed E-state index contributed by atoms with van der Waals surface area (Å²) in [4.78, 5) is 0. The summed E-state index contributed by atoms with van der Waals surface area (Å²) in [5.41, 5.74) is 8.76. The molecule has 0 fully saturated rings. The van der Waals surface area contributed by atoms with Gasteiger partial charge in [0.05, 0.1) is 0 Å². The van der Waals surface area contributed by atoms with Crippen molar-refractivity contribution in [3.8, 4) is 0 Å². The van der Waals surface area contributed by atoms with Gasteiger partial charge in [0.15, 0.2) is 0 Å². The molecule has 0 amide bonds. The zero-order valence-corrected chi connectivity index (χ0v) is 8.47. The molecule has 0 aromatic heterocycles. The number of fused-ring (bicyclic) bond motifs is 1. The van der Waals surface area contributed by atoms with Crippen LogP contribution in [0.5, 0.6) is 0 Å². The highest BCUT2D eigenvalue weighted by Gasteiger charge is 2.18. The molecule has 1 atom stereocenters. The molecule has 12 heavy (non-hydrogen) atoms. The van der Waals surface area contributed by atoms with E-state index in [4.69, 9.17) is 5.73 Å². The van der Waals surface area contributed by atoms with Crippen LogP contribution >= 0.6 is 15.9 Å². The zero-order chi connectivity index (χ0) is 8.55. The number of halogens is 1. The molecule has 0 aliphatic heterocycles. The Morgan fingerprint density at radius 2 is 2.25 bits per heavy atom. The summed E-state index contributed by atoms with van der Waals surface area (Å²) in [6, 6.07) is 6.58. The second-order valence-electron chi connectivity index (χ2n) is 3.31. The van der Waals surface area contributed by atoms with E-state index in [1.165, 1.54) is 28.4 Å². The molecule has 64 valence electrons. The van der Waals surface area contributed by atoms with Gasteiger partial charge in [-0.2, -0.15) is 0 Å². The molecule has 0 saturated heterocycles. The zero-order valence-electron chi connectivity index (χ0n) is 6.89. The predicted molar refractivity (Wildman–Crippen MR) is 54.0 cm³/mol. The lowest BCUT2D eigenvalue weighted by Crippen LogP contribution is -2.17. The van der Waals surface area contributed by atoms with Crippen LogP contribution in [0.15, 0.2) is 22.7 Å². The smallest absolute Gasteiger partial charge is 0.0308 e. The Morgan fingerprint density at radius 3 is 3.00 bits per heavy atom. The van der Waals surface area contributed by atoms with E-state index in [2.05, 4.69) is 34.1 Å². The predicted octanol–water partition coefficient (Wildman–Crippen LogP) is 2.79. The van der Waals surface area contributed by atoms with Gasteiger partial charge < -0.3 is 5.73 Å². The number of benzene rings is 1. The van der Waals surface area contributed by atoms with E-state index in [9.17, 15) is 0 Å². The Morgan fingerprint density at radius 1 is 1.42 bits per heavy atom. The summed E-state index contributed by atoms with van der Waals surface area (Å²) in [6.45, 7) is 0. The quantitative estimate of drug-likeness (QED) is 0.723. The first-order chi connectivity index (χ1) is 5.79. The van der Waals surface area contributed by atoms with E-state index in [0.717, 1.165) is 6.42 Å². The second kappa shape index (κ2) is 3.19. The molecule has 0 radical (unpaired) electrons. The Bertz CT molecular complexity index is 296. The summed E-state index contributed by atoms with van der Waals surface area (Å²) in [5.74, 6) is 0. The number of aryl methyl sites for hydroxylation is 1. The van der Waals surface area contributed by atoms with Crippen LogP contribution < -0.4 is 5.73 Å². The summed E-state index contributed by atoms with van der Waals surface area (Å²) in [5, 5.41) is 0. The van der Waals surface area contributed by atoms with Gasteiger partial charge in [-0.1, -0.05) is 28.1 Å². The SMILES string of the molecule is NC1CCCc2cccc(Br)c21. The minimum atomic E-state index is 0.240. The van der Waals surface area contributed by atoms with Gasteiger partial charge in [-0.25, -0.2) is 0 Å². The van der Waals surface area contributed by atoms with Crippen molar-refractivity contribution in [1.82, 2.24) is 0 Å². The van der Waals surface area contributed by atoms with Crippen LogP contribution in [0.3, 0.4) is 0 Å². The molecule has 1 aliphatic carbocycles. The molecule has 1 aliphatic rings. The van der Waals surface area contributed by atoms with Gasteiger partial charge in [-0.05, 0) is 36.5 Å². The third-order valence-electron chi connectivity index (χ3n) is 2.48. The molecule has 0 heterocycles. The van der Waals surface area contributed by atoms with E-state index in [-0.39, 0.29) is 6.04 Å². The Labute approximate surface area is 81.1 Å². The van der Waals surface area contributed by atoms with Crippen molar-refractivity contribution in [2.24, 2.45) is 5.73 Å². The molecule has 1 unspecified atom stereocenters. The molecular weight excluding hydrogens is 214 g/mol. The first-order valence-corrected chi connectivity index (χ1v) is 5.11. The molecular formula is C10H12BrN. The maximum absolute atomic E-state index is 6.02. The molecule has 2 N–H and O–H groups in total. The van der Waals surface area contributed by atoms with Gasteiger partial charge in [-0.15, -0.1) is 0 Å². The fraction of sp³-hybridized carbons (Fsp3) is 0.400. The molecule has 0 bridgehead atoms. The van der Waals surface area contributed by atoms with Crippen LogP contribution in [-0.2, 0) is 6.42 Å². The second-order valence-corrected chi connectivity index (χ2v) is 4.17. The lowest BCUT2D eigenvalue weighted by atomic mass is 9.88. The van der Waals surface area contributed by atoms with Gasteiger partial charge in [-0.3, -0.25) is 0 Å². The third-order valence-corrected chi connectivity index (χ3v) is 3.17. The molecule has 2 rings (SSSR count). The molecule has 2 heteroatoms. The number of rotatable bonds is 0. The van der Waals surface area contributed by atoms with Gasteiger partial charge in [0.25, 0.3) is 0 Å². The van der Waals surface area contributed by atoms with Gasteiger partial charge in [0, 0.05) is 10.5 Å². The van der Waals surface area contributed by atoms with Crippen LogP contribution in [0.25, 0.3) is 0 Å². The Hall–Kier alpha value is -0.340.